The van der Waals surface area contributed by atoms with Gasteiger partial charge in [-0.05, 0) is 96.0 Å². The molecule has 1 saturated heterocycles. The fourth-order valence-electron chi connectivity index (χ4n) is 6.68. The molecule has 3 aromatic rings. The van der Waals surface area contributed by atoms with Gasteiger partial charge < -0.3 is 20.0 Å². The smallest absolute Gasteiger partial charge is 0.253 e. The average molecular weight is 597 g/mol. The maximum absolute atomic E-state index is 13.1. The lowest BCUT2D eigenvalue weighted by Crippen LogP contribution is -2.45. The van der Waals surface area contributed by atoms with Gasteiger partial charge in [0.25, 0.3) is 11.8 Å². The van der Waals surface area contributed by atoms with Gasteiger partial charge in [0.1, 0.15) is 0 Å². The number of amides is 3. The quantitative estimate of drug-likeness (QED) is 0.381. The maximum atomic E-state index is 13.1. The highest BCUT2D eigenvalue weighted by molar-refractivity contribution is 5.95. The van der Waals surface area contributed by atoms with E-state index in [1.807, 2.05) is 43.3 Å². The number of rotatable bonds is 8. The Morgan fingerprint density at radius 1 is 1.05 bits per heavy atom. The summed E-state index contributed by atoms with van der Waals surface area (Å²) in [6.45, 7) is 2.86. The van der Waals surface area contributed by atoms with Gasteiger partial charge in [-0.3, -0.25) is 14.4 Å². The molecule has 3 amide bonds. The second-order valence-corrected chi connectivity index (χ2v) is 12.2. The van der Waals surface area contributed by atoms with E-state index in [1.165, 1.54) is 0 Å². The zero-order valence-electron chi connectivity index (χ0n) is 26.1. The summed E-state index contributed by atoms with van der Waals surface area (Å²) >= 11 is 0. The molecular formula is C33H40N8O3. The summed E-state index contributed by atoms with van der Waals surface area (Å²) in [4.78, 5) is 44.0. The van der Waals surface area contributed by atoms with E-state index in [2.05, 4.69) is 31.9 Å². The van der Waals surface area contributed by atoms with E-state index >= 15 is 0 Å². The lowest BCUT2D eigenvalue weighted by molar-refractivity contribution is -0.130. The molecule has 1 aliphatic heterocycles. The zero-order valence-corrected chi connectivity index (χ0v) is 26.1. The first-order chi connectivity index (χ1) is 21.1. The first kappa shape index (κ1) is 30.9. The third-order valence-corrected chi connectivity index (χ3v) is 8.83. The van der Waals surface area contributed by atoms with Crippen LogP contribution in [0.1, 0.15) is 75.0 Å². The van der Waals surface area contributed by atoms with Crippen molar-refractivity contribution in [3.8, 4) is 12.3 Å². The number of fused-ring (bicyclic) bond motifs is 2. The minimum atomic E-state index is -0.867. The molecule has 0 spiro atoms. The highest BCUT2D eigenvalue weighted by atomic mass is 16.2. The van der Waals surface area contributed by atoms with E-state index in [9.17, 15) is 14.4 Å². The van der Waals surface area contributed by atoms with Gasteiger partial charge in [-0.2, -0.15) is 0 Å². The van der Waals surface area contributed by atoms with Crippen LogP contribution >= 0.6 is 0 Å². The topological polar surface area (TPSA) is 127 Å². The van der Waals surface area contributed by atoms with Crippen molar-refractivity contribution < 1.29 is 14.4 Å². The van der Waals surface area contributed by atoms with Gasteiger partial charge in [-0.1, -0.05) is 18.1 Å². The number of nitrogens with one attached hydrogen (secondary N) is 2. The minimum absolute atomic E-state index is 0.0203. The molecule has 2 N–H and O–H groups in total. The van der Waals surface area contributed by atoms with E-state index < -0.39 is 5.41 Å². The summed E-state index contributed by atoms with van der Waals surface area (Å²) in [5.41, 5.74) is 4.28. The van der Waals surface area contributed by atoms with E-state index in [4.69, 9.17) is 6.42 Å². The third-order valence-electron chi connectivity index (χ3n) is 8.83. The average Bonchev–Trinajstić information content (AvgIpc) is 3.71. The standard InChI is InChI=1S/C33H40N8O3/c1-7-26-9-8-16-41(26)29(42)20-34-21(2)19-33(32-35-37-38-36-32)27-14-12-24(30(43)39(3)4)17-22(27)10-11-23-18-25(13-15-28(23)33)31(44)40(5)6/h1,12-15,17-18,21,26,34H,8-11,16,19-20H2,2-6H3,(H,35,36,37,38). The van der Waals surface area contributed by atoms with Gasteiger partial charge in [0.15, 0.2) is 5.82 Å². The number of aromatic nitrogens is 4. The number of aryl methyl sites for hydroxylation is 2. The molecule has 2 aliphatic rings. The van der Waals surface area contributed by atoms with E-state index in [0.29, 0.717) is 42.8 Å². The molecule has 0 bridgehead atoms. The van der Waals surface area contributed by atoms with E-state index in [-0.39, 0.29) is 36.3 Å². The van der Waals surface area contributed by atoms with Crippen LogP contribution in [0.3, 0.4) is 0 Å². The number of hydrogen-bond acceptors (Lipinski definition) is 7. The monoisotopic (exact) mass is 596 g/mol. The predicted molar refractivity (Wildman–Crippen MR) is 166 cm³/mol. The van der Waals surface area contributed by atoms with Crippen molar-refractivity contribution in [1.29, 1.82) is 0 Å². The lowest BCUT2D eigenvalue weighted by atomic mass is 9.67. The highest BCUT2D eigenvalue weighted by Crippen LogP contribution is 2.47. The number of nitrogens with zero attached hydrogens (tertiary/aromatic N) is 6. The lowest BCUT2D eigenvalue weighted by Gasteiger charge is -2.37. The molecule has 1 fully saturated rings. The Hall–Kier alpha value is -4.56. The fraction of sp³-hybridized carbons (Fsp3) is 0.455. The summed E-state index contributed by atoms with van der Waals surface area (Å²) in [7, 11) is 6.95. The van der Waals surface area contributed by atoms with Gasteiger partial charge in [0, 0.05) is 51.9 Å². The van der Waals surface area contributed by atoms with Crippen molar-refractivity contribution in [3.63, 3.8) is 0 Å². The second kappa shape index (κ2) is 12.6. The molecule has 0 saturated carbocycles. The number of H-pyrrole nitrogens is 1. The van der Waals surface area contributed by atoms with E-state index in [1.54, 1.807) is 42.9 Å². The van der Waals surface area contributed by atoms with Gasteiger partial charge in [0.05, 0.1) is 18.0 Å². The van der Waals surface area contributed by atoms with Crippen LogP contribution in [0.4, 0.5) is 0 Å². The first-order valence-electron chi connectivity index (χ1n) is 15.0. The van der Waals surface area contributed by atoms with Crippen LogP contribution in [0.15, 0.2) is 36.4 Å². The van der Waals surface area contributed by atoms with Crippen LogP contribution in [0.2, 0.25) is 0 Å². The number of carbonyl (C=O) groups is 3. The minimum Gasteiger partial charge on any atom is -0.345 e. The highest BCUT2D eigenvalue weighted by Gasteiger charge is 2.45. The summed E-state index contributed by atoms with van der Waals surface area (Å²) in [5.74, 6) is 3.10. The van der Waals surface area contributed by atoms with E-state index in [0.717, 1.165) is 35.1 Å². The molecule has 2 aromatic carbocycles. The third kappa shape index (κ3) is 5.69. The van der Waals surface area contributed by atoms with Gasteiger partial charge in [-0.15, -0.1) is 11.5 Å². The van der Waals surface area contributed by atoms with Crippen molar-refractivity contribution >= 4 is 17.7 Å². The molecular weight excluding hydrogens is 556 g/mol. The molecule has 2 unspecified atom stereocenters. The molecule has 11 nitrogen and oxygen atoms in total. The Balaban J connectivity index is 1.60. The van der Waals surface area contributed by atoms with Crippen molar-refractivity contribution in [2.75, 3.05) is 41.3 Å². The second-order valence-electron chi connectivity index (χ2n) is 12.2. The molecule has 11 heteroatoms. The molecule has 44 heavy (non-hydrogen) atoms. The number of terminal acetylenes is 1. The number of tetrazole rings is 1. The number of aromatic amines is 1. The predicted octanol–water partition coefficient (Wildman–Crippen LogP) is 2.03. The summed E-state index contributed by atoms with van der Waals surface area (Å²) < 4.78 is 0. The molecule has 1 aliphatic carbocycles. The summed E-state index contributed by atoms with van der Waals surface area (Å²) in [6, 6.07) is 11.3. The molecule has 0 radical (unpaired) electrons. The van der Waals surface area contributed by atoms with Gasteiger partial charge in [0.2, 0.25) is 5.91 Å². The number of benzene rings is 2. The summed E-state index contributed by atoms with van der Waals surface area (Å²) in [5, 5.41) is 18.9. The van der Waals surface area contributed by atoms with Gasteiger partial charge >= 0.3 is 0 Å². The molecule has 5 rings (SSSR count). The zero-order chi connectivity index (χ0) is 31.6. The Kier molecular flexibility index (Phi) is 8.83. The number of carbonyl (C=O) groups excluding carboxylic acids is 3. The van der Waals surface area contributed by atoms with Crippen molar-refractivity contribution in [3.05, 3.63) is 75.6 Å². The Labute approximate surface area is 258 Å². The SMILES string of the molecule is C#CC1CCCN1C(=O)CNC(C)CC1(c2nnn[nH]2)c2ccc(C(=O)N(C)C)cc2CCc2cc(C(=O)N(C)C)ccc21. The van der Waals surface area contributed by atoms with Crippen molar-refractivity contribution in [1.82, 2.24) is 40.6 Å². The van der Waals surface area contributed by atoms with Crippen LogP contribution in [0.5, 0.6) is 0 Å². The molecule has 230 valence electrons. The Morgan fingerprint density at radius 2 is 1.64 bits per heavy atom. The van der Waals surface area contributed by atoms with Crippen LogP contribution in [0.25, 0.3) is 0 Å². The van der Waals surface area contributed by atoms with Crippen LogP contribution in [0, 0.1) is 12.3 Å². The normalized spacial score (nSPS) is 17.5. The van der Waals surface area contributed by atoms with Crippen LogP contribution in [-0.4, -0.2) is 106 Å². The molecule has 2 heterocycles. The van der Waals surface area contributed by atoms with Crippen molar-refractivity contribution in [2.24, 2.45) is 0 Å². The molecule has 2 atom stereocenters. The largest absolute Gasteiger partial charge is 0.345 e. The summed E-state index contributed by atoms with van der Waals surface area (Å²) in [6.07, 6.45) is 9.21. The Morgan fingerprint density at radius 3 is 2.14 bits per heavy atom. The first-order valence-corrected chi connectivity index (χ1v) is 15.0. The maximum Gasteiger partial charge on any atom is 0.253 e. The van der Waals surface area contributed by atoms with Gasteiger partial charge in [-0.25, -0.2) is 5.10 Å². The Bertz CT molecular complexity index is 1520. The fourth-order valence-corrected chi connectivity index (χ4v) is 6.68. The number of likely N-dealkylation sites (tertiary alicyclic amines) is 1. The van der Waals surface area contributed by atoms with Crippen LogP contribution in [-0.2, 0) is 23.1 Å². The van der Waals surface area contributed by atoms with Crippen molar-refractivity contribution in [2.45, 2.75) is 56.5 Å². The molecule has 1 aromatic heterocycles. The number of hydrogen-bond donors (Lipinski definition) is 2. The van der Waals surface area contributed by atoms with Crippen LogP contribution < -0.4 is 5.32 Å².